The first-order valence-corrected chi connectivity index (χ1v) is 7.04. The van der Waals surface area contributed by atoms with Crippen molar-refractivity contribution in [2.24, 2.45) is 0 Å². The van der Waals surface area contributed by atoms with Gasteiger partial charge in [0.15, 0.2) is 0 Å². The fourth-order valence-corrected chi connectivity index (χ4v) is 1.99. The molecule has 1 aromatic heterocycles. The predicted octanol–water partition coefficient (Wildman–Crippen LogP) is 2.49. The van der Waals surface area contributed by atoms with Crippen molar-refractivity contribution in [3.63, 3.8) is 0 Å². The Morgan fingerprint density at radius 3 is 2.48 bits per heavy atom. The van der Waals surface area contributed by atoms with Gasteiger partial charge in [0.25, 0.3) is 0 Å². The molecule has 0 radical (unpaired) electrons. The molecule has 0 bridgehead atoms. The summed E-state index contributed by atoms with van der Waals surface area (Å²) >= 11 is 3.44. The monoisotopic (exact) mass is 352 g/mol. The van der Waals surface area contributed by atoms with Gasteiger partial charge in [0.05, 0.1) is 12.8 Å². The SMILES string of the molecule is CNc1nc(Nc2cc(Br)ccc2OC)nc(N(C)C)n1. The third-order valence-electron chi connectivity index (χ3n) is 2.66. The molecule has 21 heavy (non-hydrogen) atoms. The number of ether oxygens (including phenoxy) is 1. The minimum atomic E-state index is 0.439. The number of benzene rings is 1. The predicted molar refractivity (Wildman–Crippen MR) is 87.7 cm³/mol. The van der Waals surface area contributed by atoms with Crippen LogP contribution in [0, 0.1) is 0 Å². The Hall–Kier alpha value is -2.09. The smallest absolute Gasteiger partial charge is 0.233 e. The second kappa shape index (κ2) is 6.57. The van der Waals surface area contributed by atoms with Crippen LogP contribution in [0.4, 0.5) is 23.5 Å². The summed E-state index contributed by atoms with van der Waals surface area (Å²) in [6.45, 7) is 0. The highest BCUT2D eigenvalue weighted by atomic mass is 79.9. The summed E-state index contributed by atoms with van der Waals surface area (Å²) in [5.41, 5.74) is 0.768. The molecule has 0 amide bonds. The highest BCUT2D eigenvalue weighted by molar-refractivity contribution is 9.10. The molecule has 0 spiro atoms. The summed E-state index contributed by atoms with van der Waals surface area (Å²) in [5.74, 6) is 2.20. The number of anilines is 4. The molecular weight excluding hydrogens is 336 g/mol. The topological polar surface area (TPSA) is 75.2 Å². The van der Waals surface area contributed by atoms with Crippen LogP contribution in [0.2, 0.25) is 0 Å². The first kappa shape index (κ1) is 15.3. The lowest BCUT2D eigenvalue weighted by molar-refractivity contribution is 0.416. The van der Waals surface area contributed by atoms with Gasteiger partial charge in [-0.15, -0.1) is 0 Å². The standard InChI is InChI=1S/C13H17BrN6O/c1-15-11-17-12(19-13(18-11)20(2)3)16-9-7-8(14)5-6-10(9)21-4/h5-7H,1-4H3,(H2,15,16,17,18,19). The Bertz CT molecular complexity index is 634. The molecule has 0 aliphatic rings. The number of nitrogens with one attached hydrogen (secondary N) is 2. The van der Waals surface area contributed by atoms with Crippen molar-refractivity contribution < 1.29 is 4.74 Å². The Morgan fingerprint density at radius 1 is 1.14 bits per heavy atom. The van der Waals surface area contributed by atoms with Crippen LogP contribution in [0.1, 0.15) is 0 Å². The van der Waals surface area contributed by atoms with Crippen LogP contribution in [-0.2, 0) is 0 Å². The van der Waals surface area contributed by atoms with Crippen LogP contribution >= 0.6 is 15.9 Å². The highest BCUT2D eigenvalue weighted by Crippen LogP contribution is 2.30. The van der Waals surface area contributed by atoms with Crippen molar-refractivity contribution in [3.8, 4) is 5.75 Å². The van der Waals surface area contributed by atoms with E-state index in [1.165, 1.54) is 0 Å². The van der Waals surface area contributed by atoms with Crippen LogP contribution in [0.15, 0.2) is 22.7 Å². The maximum absolute atomic E-state index is 5.33. The van der Waals surface area contributed by atoms with E-state index in [1.807, 2.05) is 37.2 Å². The first-order valence-electron chi connectivity index (χ1n) is 6.25. The molecule has 0 unspecified atom stereocenters. The van der Waals surface area contributed by atoms with E-state index in [4.69, 9.17) is 4.74 Å². The molecule has 112 valence electrons. The summed E-state index contributed by atoms with van der Waals surface area (Å²) in [6, 6.07) is 5.66. The quantitative estimate of drug-likeness (QED) is 0.855. The van der Waals surface area contributed by atoms with E-state index in [9.17, 15) is 0 Å². The van der Waals surface area contributed by atoms with Crippen LogP contribution in [0.25, 0.3) is 0 Å². The lowest BCUT2D eigenvalue weighted by Crippen LogP contribution is -2.15. The van der Waals surface area contributed by atoms with Crippen LogP contribution in [-0.4, -0.2) is 43.2 Å². The fraction of sp³-hybridized carbons (Fsp3) is 0.308. The lowest BCUT2D eigenvalue weighted by Gasteiger charge is -2.14. The summed E-state index contributed by atoms with van der Waals surface area (Å²) in [4.78, 5) is 14.7. The Labute approximate surface area is 131 Å². The van der Waals surface area contributed by atoms with Crippen LogP contribution in [0.5, 0.6) is 5.75 Å². The zero-order valence-corrected chi connectivity index (χ0v) is 13.9. The summed E-state index contributed by atoms with van der Waals surface area (Å²) in [6.07, 6.45) is 0. The van der Waals surface area contributed by atoms with Gasteiger partial charge >= 0.3 is 0 Å². The van der Waals surface area contributed by atoms with E-state index in [2.05, 4.69) is 41.5 Å². The molecule has 0 aliphatic heterocycles. The van der Waals surface area contributed by atoms with Crippen molar-refractivity contribution in [3.05, 3.63) is 22.7 Å². The lowest BCUT2D eigenvalue weighted by atomic mass is 10.3. The van der Waals surface area contributed by atoms with Gasteiger partial charge < -0.3 is 20.3 Å². The van der Waals surface area contributed by atoms with Gasteiger partial charge in [-0.05, 0) is 18.2 Å². The zero-order valence-electron chi connectivity index (χ0n) is 12.3. The van der Waals surface area contributed by atoms with Crippen LogP contribution in [0.3, 0.4) is 0 Å². The maximum atomic E-state index is 5.33. The second-order valence-electron chi connectivity index (χ2n) is 4.40. The first-order chi connectivity index (χ1) is 10.0. The van der Waals surface area contributed by atoms with Crippen LogP contribution < -0.4 is 20.3 Å². The molecule has 0 saturated carbocycles. The number of aromatic nitrogens is 3. The normalized spacial score (nSPS) is 10.1. The van der Waals surface area contributed by atoms with Gasteiger partial charge in [0, 0.05) is 25.6 Å². The Kier molecular flexibility index (Phi) is 4.79. The molecule has 7 nitrogen and oxygen atoms in total. The zero-order chi connectivity index (χ0) is 15.4. The van der Waals surface area contributed by atoms with Gasteiger partial charge in [0.1, 0.15) is 5.75 Å². The summed E-state index contributed by atoms with van der Waals surface area (Å²) in [7, 11) is 7.13. The molecule has 0 atom stereocenters. The molecule has 8 heteroatoms. The average Bonchev–Trinajstić information content (AvgIpc) is 2.47. The molecule has 1 heterocycles. The molecule has 2 rings (SSSR count). The van der Waals surface area contributed by atoms with E-state index >= 15 is 0 Å². The summed E-state index contributed by atoms with van der Waals surface area (Å²) in [5, 5.41) is 6.07. The number of halogens is 1. The number of hydrogen-bond acceptors (Lipinski definition) is 7. The van der Waals surface area contributed by atoms with E-state index < -0.39 is 0 Å². The van der Waals surface area contributed by atoms with Crippen molar-refractivity contribution in [2.45, 2.75) is 0 Å². The molecule has 1 aromatic carbocycles. The summed E-state index contributed by atoms with van der Waals surface area (Å²) < 4.78 is 6.26. The highest BCUT2D eigenvalue weighted by Gasteiger charge is 2.10. The van der Waals surface area contributed by atoms with E-state index in [1.54, 1.807) is 14.2 Å². The van der Waals surface area contributed by atoms with Gasteiger partial charge in [-0.1, -0.05) is 15.9 Å². The minimum absolute atomic E-state index is 0.439. The largest absolute Gasteiger partial charge is 0.495 e. The van der Waals surface area contributed by atoms with Gasteiger partial charge in [-0.3, -0.25) is 0 Å². The number of methoxy groups -OCH3 is 1. The van der Waals surface area contributed by atoms with Crippen molar-refractivity contribution in [2.75, 3.05) is 43.8 Å². The number of nitrogens with zero attached hydrogens (tertiary/aromatic N) is 4. The van der Waals surface area contributed by atoms with Gasteiger partial charge in [0.2, 0.25) is 17.8 Å². The molecule has 2 N–H and O–H groups in total. The second-order valence-corrected chi connectivity index (χ2v) is 5.31. The third-order valence-corrected chi connectivity index (χ3v) is 3.15. The molecule has 0 aliphatic carbocycles. The van der Waals surface area contributed by atoms with Crippen molar-refractivity contribution in [1.82, 2.24) is 15.0 Å². The van der Waals surface area contributed by atoms with E-state index in [0.29, 0.717) is 23.6 Å². The fourth-order valence-electron chi connectivity index (χ4n) is 1.63. The van der Waals surface area contributed by atoms with E-state index in [0.717, 1.165) is 10.2 Å². The average molecular weight is 353 g/mol. The third kappa shape index (κ3) is 3.72. The van der Waals surface area contributed by atoms with Gasteiger partial charge in [-0.25, -0.2) is 0 Å². The molecule has 2 aromatic rings. The van der Waals surface area contributed by atoms with E-state index in [-0.39, 0.29) is 0 Å². The Morgan fingerprint density at radius 2 is 1.86 bits per heavy atom. The van der Waals surface area contributed by atoms with Gasteiger partial charge in [-0.2, -0.15) is 15.0 Å². The van der Waals surface area contributed by atoms with Crippen molar-refractivity contribution in [1.29, 1.82) is 0 Å². The number of hydrogen-bond donors (Lipinski definition) is 2. The minimum Gasteiger partial charge on any atom is -0.495 e. The molecule has 0 saturated heterocycles. The Balaban J connectivity index is 2.39. The number of rotatable bonds is 5. The molecular formula is C13H17BrN6O. The molecule has 0 fully saturated rings. The van der Waals surface area contributed by atoms with Crippen molar-refractivity contribution >= 4 is 39.5 Å². The maximum Gasteiger partial charge on any atom is 0.233 e.